The molecule has 0 aromatic heterocycles. The molecule has 1 atom stereocenters. The Hall–Kier alpha value is -2.57. The quantitative estimate of drug-likeness (QED) is 0.560. The van der Waals surface area contributed by atoms with Gasteiger partial charge in [0.25, 0.3) is 0 Å². The van der Waals surface area contributed by atoms with Crippen molar-refractivity contribution in [2.45, 2.75) is 33.2 Å². The fourth-order valence-electron chi connectivity index (χ4n) is 3.12. The summed E-state index contributed by atoms with van der Waals surface area (Å²) < 4.78 is 32.0. The molecule has 1 aliphatic heterocycles. The summed E-state index contributed by atoms with van der Waals surface area (Å²) in [5.41, 5.74) is 2.52. The van der Waals surface area contributed by atoms with Crippen molar-refractivity contribution in [3.8, 4) is 0 Å². The van der Waals surface area contributed by atoms with Crippen LogP contribution in [0.15, 0.2) is 60.2 Å². The average molecular weight is 447 g/mol. The van der Waals surface area contributed by atoms with Crippen molar-refractivity contribution in [1.82, 2.24) is 9.80 Å². The first-order chi connectivity index (χ1) is 15.4. The van der Waals surface area contributed by atoms with Gasteiger partial charge in [0.1, 0.15) is 11.6 Å². The van der Waals surface area contributed by atoms with E-state index < -0.39 is 5.82 Å². The molecule has 1 aromatic rings. The molecule has 4 nitrogen and oxygen atoms in total. The van der Waals surface area contributed by atoms with Crippen molar-refractivity contribution in [3.05, 3.63) is 77.4 Å². The Labute approximate surface area is 191 Å². The van der Waals surface area contributed by atoms with E-state index in [1.54, 1.807) is 19.1 Å². The number of benzene rings is 1. The Bertz CT molecular complexity index is 829. The maximum Gasteiger partial charge on any atom is 0.209 e. The fraction of sp³-hybridized carbons (Fsp3) is 0.423. The molecule has 1 amide bonds. The molecule has 0 radical (unpaired) electrons. The van der Waals surface area contributed by atoms with Crippen molar-refractivity contribution in [1.29, 1.82) is 0 Å². The Morgan fingerprint density at radius 3 is 2.47 bits per heavy atom. The largest absolute Gasteiger partial charge is 0.385 e. The molecule has 32 heavy (non-hydrogen) atoms. The van der Waals surface area contributed by atoms with Gasteiger partial charge in [-0.3, -0.25) is 9.69 Å². The number of carbonyl (C=O) groups excluding carboxylic acids is 1. The van der Waals surface area contributed by atoms with E-state index >= 15 is 0 Å². The third-order valence-corrected chi connectivity index (χ3v) is 5.18. The molecule has 0 saturated carbocycles. The predicted octanol–water partition coefficient (Wildman–Crippen LogP) is 5.24. The number of methoxy groups -OCH3 is 1. The summed E-state index contributed by atoms with van der Waals surface area (Å²) in [5.74, 6) is -0.762. The number of likely N-dealkylation sites (N-methyl/N-ethyl adjacent to an activating group) is 1. The molecular formula is C26H36F2N2O2. The maximum atomic E-state index is 14.0. The van der Waals surface area contributed by atoms with Gasteiger partial charge in [0, 0.05) is 39.4 Å². The summed E-state index contributed by atoms with van der Waals surface area (Å²) in [6.07, 6.45) is 14.1. The molecule has 0 unspecified atom stereocenters. The van der Waals surface area contributed by atoms with Gasteiger partial charge in [0.15, 0.2) is 0 Å². The number of allylic oxidation sites excluding steroid dienone is 5. The van der Waals surface area contributed by atoms with Gasteiger partial charge >= 0.3 is 0 Å². The minimum Gasteiger partial charge on any atom is -0.385 e. The van der Waals surface area contributed by atoms with Gasteiger partial charge in [-0.05, 0) is 56.2 Å². The first kappa shape index (κ1) is 27.5. The summed E-state index contributed by atoms with van der Waals surface area (Å²) in [7, 11) is 3.42. The molecule has 176 valence electrons. The number of rotatable bonds is 6. The lowest BCUT2D eigenvalue weighted by molar-refractivity contribution is -0.116. The lowest BCUT2D eigenvalue weighted by Crippen LogP contribution is -2.31. The van der Waals surface area contributed by atoms with Gasteiger partial charge in [-0.2, -0.15) is 0 Å². The summed E-state index contributed by atoms with van der Waals surface area (Å²) >= 11 is 0. The molecule has 0 fully saturated rings. The van der Waals surface area contributed by atoms with E-state index in [2.05, 4.69) is 34.8 Å². The van der Waals surface area contributed by atoms with Crippen LogP contribution in [0.25, 0.3) is 5.57 Å². The summed E-state index contributed by atoms with van der Waals surface area (Å²) in [5, 5.41) is 0. The highest BCUT2D eigenvalue weighted by Crippen LogP contribution is 2.31. The molecule has 0 N–H and O–H groups in total. The molecule has 1 aromatic carbocycles. The molecule has 1 aliphatic carbocycles. The smallest absolute Gasteiger partial charge is 0.209 e. The standard InChI is InChI=1S/C19H19F2N.C4H9NO.C3H8O/c1-2-22-13-15(17-12-16(20)9-10-18(17)21)11-19(22)14-7-5-3-4-6-8-14;1-3-5(2)4-6;1-3-4-2/h3-7,9-12,19H,2,8,13H2,1H3;4H,3H2,1-2H3;3H2,1-2H3/t19-;;/m0../s1. The highest BCUT2D eigenvalue weighted by Gasteiger charge is 2.27. The van der Waals surface area contributed by atoms with Crippen molar-refractivity contribution in [2.75, 3.05) is 40.4 Å². The summed E-state index contributed by atoms with van der Waals surface area (Å²) in [4.78, 5) is 13.5. The van der Waals surface area contributed by atoms with Gasteiger partial charge in [-0.1, -0.05) is 43.4 Å². The fourth-order valence-corrected chi connectivity index (χ4v) is 3.12. The van der Waals surface area contributed by atoms with Gasteiger partial charge in [0.2, 0.25) is 6.41 Å². The maximum absolute atomic E-state index is 14.0. The topological polar surface area (TPSA) is 32.8 Å². The third kappa shape index (κ3) is 8.89. The van der Waals surface area contributed by atoms with E-state index in [1.807, 2.05) is 32.1 Å². The van der Waals surface area contributed by atoms with Crippen LogP contribution in [-0.2, 0) is 9.53 Å². The number of carbonyl (C=O) groups is 1. The van der Waals surface area contributed by atoms with E-state index in [1.165, 1.54) is 17.7 Å². The van der Waals surface area contributed by atoms with E-state index in [0.29, 0.717) is 12.1 Å². The van der Waals surface area contributed by atoms with Crippen molar-refractivity contribution in [3.63, 3.8) is 0 Å². The highest BCUT2D eigenvalue weighted by molar-refractivity contribution is 5.71. The first-order valence-electron chi connectivity index (χ1n) is 11.0. The van der Waals surface area contributed by atoms with Crippen molar-refractivity contribution < 1.29 is 18.3 Å². The second-order valence-corrected chi connectivity index (χ2v) is 7.34. The minimum absolute atomic E-state index is 0.148. The van der Waals surface area contributed by atoms with Gasteiger partial charge in [-0.15, -0.1) is 0 Å². The van der Waals surface area contributed by atoms with Crippen LogP contribution in [-0.4, -0.2) is 62.7 Å². The average Bonchev–Trinajstić information content (AvgIpc) is 3.06. The number of nitrogens with zero attached hydrogens (tertiary/aromatic N) is 2. The zero-order valence-corrected chi connectivity index (χ0v) is 19.9. The van der Waals surface area contributed by atoms with Crippen LogP contribution in [0.3, 0.4) is 0 Å². The Morgan fingerprint density at radius 2 is 1.91 bits per heavy atom. The number of amides is 1. The predicted molar refractivity (Wildman–Crippen MR) is 128 cm³/mol. The van der Waals surface area contributed by atoms with Gasteiger partial charge < -0.3 is 9.64 Å². The second-order valence-electron chi connectivity index (χ2n) is 7.34. The molecule has 3 rings (SSSR count). The van der Waals surface area contributed by atoms with Crippen LogP contribution in [0.2, 0.25) is 0 Å². The van der Waals surface area contributed by atoms with Crippen molar-refractivity contribution in [2.24, 2.45) is 0 Å². The molecule has 0 saturated heterocycles. The summed E-state index contributed by atoms with van der Waals surface area (Å²) in [6.45, 7) is 9.10. The normalized spacial score (nSPS) is 17.3. The summed E-state index contributed by atoms with van der Waals surface area (Å²) in [6, 6.07) is 3.80. The SMILES string of the molecule is CCN(C)C=O.CCN1CC(c2cc(F)ccc2F)=C[C@H]1C1=CC=CC=CC1.CCOC. The highest BCUT2D eigenvalue weighted by atomic mass is 19.1. The number of ether oxygens (including phenoxy) is 1. The van der Waals surface area contributed by atoms with E-state index in [9.17, 15) is 13.6 Å². The molecule has 6 heteroatoms. The van der Waals surface area contributed by atoms with E-state index in [0.717, 1.165) is 44.2 Å². The zero-order valence-electron chi connectivity index (χ0n) is 19.9. The Kier molecular flexibility index (Phi) is 13.1. The van der Waals surface area contributed by atoms with E-state index in [-0.39, 0.29) is 11.9 Å². The van der Waals surface area contributed by atoms with Gasteiger partial charge in [0.05, 0.1) is 6.04 Å². The third-order valence-electron chi connectivity index (χ3n) is 5.18. The van der Waals surface area contributed by atoms with Crippen LogP contribution >= 0.6 is 0 Å². The molecule has 0 bridgehead atoms. The molecule has 0 spiro atoms. The van der Waals surface area contributed by atoms with Crippen molar-refractivity contribution >= 4 is 12.0 Å². The number of hydrogen-bond acceptors (Lipinski definition) is 3. The monoisotopic (exact) mass is 446 g/mol. The second kappa shape index (κ2) is 15.3. The Morgan fingerprint density at radius 1 is 1.19 bits per heavy atom. The lowest BCUT2D eigenvalue weighted by Gasteiger charge is -2.24. The van der Waals surface area contributed by atoms with Crippen LogP contribution in [0, 0.1) is 11.6 Å². The number of halogens is 2. The van der Waals surface area contributed by atoms with Crippen LogP contribution in [0.4, 0.5) is 8.78 Å². The molecule has 1 heterocycles. The molecular weight excluding hydrogens is 410 g/mol. The van der Waals surface area contributed by atoms with Crippen LogP contribution in [0.1, 0.15) is 32.8 Å². The van der Waals surface area contributed by atoms with Crippen LogP contribution < -0.4 is 0 Å². The van der Waals surface area contributed by atoms with Gasteiger partial charge in [-0.25, -0.2) is 8.78 Å². The number of hydrogen-bond donors (Lipinski definition) is 0. The molecule has 2 aliphatic rings. The minimum atomic E-state index is -0.400. The van der Waals surface area contributed by atoms with Crippen LogP contribution in [0.5, 0.6) is 0 Å². The first-order valence-corrected chi connectivity index (χ1v) is 11.0. The zero-order chi connectivity index (χ0) is 23.9. The Balaban J connectivity index is 0.000000432. The lowest BCUT2D eigenvalue weighted by atomic mass is 10.0. The van der Waals surface area contributed by atoms with E-state index in [4.69, 9.17) is 0 Å².